The molecule has 2 aromatic rings. The van der Waals surface area contributed by atoms with Gasteiger partial charge in [-0.3, -0.25) is 9.59 Å². The normalized spacial score (nSPS) is 10.4. The van der Waals surface area contributed by atoms with Gasteiger partial charge in [0.05, 0.1) is 12.1 Å². The number of carbonyl (C=O) groups excluding carboxylic acids is 2. The third kappa shape index (κ3) is 5.42. The number of amides is 2. The average molecular weight is 382 g/mol. The van der Waals surface area contributed by atoms with E-state index in [0.29, 0.717) is 18.5 Å². The van der Waals surface area contributed by atoms with E-state index in [4.69, 9.17) is 0 Å². The van der Waals surface area contributed by atoms with Crippen molar-refractivity contribution in [3.05, 3.63) is 64.7 Å². The fourth-order valence-corrected chi connectivity index (χ4v) is 3.09. The largest absolute Gasteiger partial charge is 0.478 e. The summed E-state index contributed by atoms with van der Waals surface area (Å²) in [5.74, 6) is -1.44. The summed E-state index contributed by atoms with van der Waals surface area (Å²) in [4.78, 5) is 37.7. The van der Waals surface area contributed by atoms with Crippen LogP contribution in [0.15, 0.2) is 42.5 Å². The van der Waals surface area contributed by atoms with Crippen molar-refractivity contribution in [2.75, 3.05) is 18.4 Å². The van der Waals surface area contributed by atoms with Gasteiger partial charge in [0.15, 0.2) is 0 Å². The number of para-hydroxylation sites is 1. The van der Waals surface area contributed by atoms with Crippen molar-refractivity contribution in [1.29, 1.82) is 0 Å². The highest BCUT2D eigenvalue weighted by Gasteiger charge is 2.18. The predicted octanol–water partition coefficient (Wildman–Crippen LogP) is 3.42. The molecular formula is C22H26N2O4. The van der Waals surface area contributed by atoms with Crippen molar-refractivity contribution in [1.82, 2.24) is 4.90 Å². The van der Waals surface area contributed by atoms with Crippen LogP contribution in [-0.2, 0) is 16.0 Å². The zero-order valence-electron chi connectivity index (χ0n) is 16.5. The minimum absolute atomic E-state index is 0.0380. The van der Waals surface area contributed by atoms with Gasteiger partial charge in [-0.15, -0.1) is 0 Å². The third-order valence-electron chi connectivity index (χ3n) is 4.67. The van der Waals surface area contributed by atoms with E-state index < -0.39 is 5.97 Å². The van der Waals surface area contributed by atoms with Gasteiger partial charge in [0.1, 0.15) is 0 Å². The molecular weight excluding hydrogens is 356 g/mol. The molecule has 2 rings (SSSR count). The van der Waals surface area contributed by atoms with E-state index in [1.807, 2.05) is 39.0 Å². The van der Waals surface area contributed by atoms with Crippen LogP contribution < -0.4 is 5.32 Å². The van der Waals surface area contributed by atoms with Crippen LogP contribution in [0.4, 0.5) is 5.69 Å². The van der Waals surface area contributed by atoms with Crippen LogP contribution in [0.3, 0.4) is 0 Å². The number of nitrogens with one attached hydrogen (secondary N) is 1. The first-order valence-corrected chi connectivity index (χ1v) is 9.28. The Morgan fingerprint density at radius 2 is 1.64 bits per heavy atom. The highest BCUT2D eigenvalue weighted by Crippen LogP contribution is 2.19. The molecule has 0 radical (unpaired) electrons. The van der Waals surface area contributed by atoms with Gasteiger partial charge in [0, 0.05) is 18.7 Å². The summed E-state index contributed by atoms with van der Waals surface area (Å²) in [5.41, 5.74) is 3.51. The fourth-order valence-electron chi connectivity index (χ4n) is 3.09. The van der Waals surface area contributed by atoms with Crippen LogP contribution in [0.2, 0.25) is 0 Å². The second-order valence-electron chi connectivity index (χ2n) is 6.69. The number of carboxylic acids is 1. The van der Waals surface area contributed by atoms with E-state index in [-0.39, 0.29) is 30.3 Å². The Morgan fingerprint density at radius 3 is 2.25 bits per heavy atom. The number of hydrogen-bond donors (Lipinski definition) is 2. The summed E-state index contributed by atoms with van der Waals surface area (Å²) in [6.45, 7) is 6.02. The zero-order chi connectivity index (χ0) is 20.7. The lowest BCUT2D eigenvalue weighted by molar-refractivity contribution is -0.134. The second-order valence-corrected chi connectivity index (χ2v) is 6.69. The minimum atomic E-state index is -1.01. The second kappa shape index (κ2) is 9.69. The number of rotatable bonds is 8. The Labute approximate surface area is 165 Å². The maximum Gasteiger partial charge on any atom is 0.335 e. The summed E-state index contributed by atoms with van der Waals surface area (Å²) < 4.78 is 0. The molecule has 0 saturated carbocycles. The molecule has 0 atom stereocenters. The van der Waals surface area contributed by atoms with Crippen molar-refractivity contribution in [2.45, 2.75) is 33.6 Å². The Bertz CT molecular complexity index is 856. The van der Waals surface area contributed by atoms with E-state index >= 15 is 0 Å². The molecule has 0 aliphatic rings. The standard InChI is InChI=1S/C22H26N2O4/c1-4-24(14-19(25)23-21-15(2)8-7-9-16(21)3)20(26)13-12-17-10-5-6-11-18(17)22(27)28/h5-11H,4,12-14H2,1-3H3,(H,23,25)(H,27,28). The number of carboxylic acid groups (broad SMARTS) is 1. The number of hydrogen-bond acceptors (Lipinski definition) is 3. The number of aryl methyl sites for hydroxylation is 3. The molecule has 28 heavy (non-hydrogen) atoms. The van der Waals surface area contributed by atoms with Gasteiger partial charge in [0.25, 0.3) is 0 Å². The molecule has 0 unspecified atom stereocenters. The smallest absolute Gasteiger partial charge is 0.335 e. The average Bonchev–Trinajstić information content (AvgIpc) is 2.67. The molecule has 0 heterocycles. The Balaban J connectivity index is 1.98. The zero-order valence-corrected chi connectivity index (χ0v) is 16.5. The molecule has 0 bridgehead atoms. The van der Waals surface area contributed by atoms with Crippen LogP contribution >= 0.6 is 0 Å². The molecule has 0 spiro atoms. The molecule has 0 saturated heterocycles. The summed E-state index contributed by atoms with van der Waals surface area (Å²) in [6.07, 6.45) is 0.463. The van der Waals surface area contributed by atoms with Gasteiger partial charge in [-0.05, 0) is 49.9 Å². The van der Waals surface area contributed by atoms with E-state index in [9.17, 15) is 19.5 Å². The molecule has 148 valence electrons. The molecule has 0 aliphatic carbocycles. The highest BCUT2D eigenvalue weighted by atomic mass is 16.4. The van der Waals surface area contributed by atoms with E-state index in [2.05, 4.69) is 5.32 Å². The van der Waals surface area contributed by atoms with Crippen LogP contribution in [-0.4, -0.2) is 40.9 Å². The fraction of sp³-hybridized carbons (Fsp3) is 0.318. The van der Waals surface area contributed by atoms with Crippen molar-refractivity contribution < 1.29 is 19.5 Å². The minimum Gasteiger partial charge on any atom is -0.478 e. The Morgan fingerprint density at radius 1 is 1.00 bits per heavy atom. The van der Waals surface area contributed by atoms with E-state index in [1.165, 1.54) is 11.0 Å². The summed E-state index contributed by atoms with van der Waals surface area (Å²) in [6, 6.07) is 12.4. The quantitative estimate of drug-likeness (QED) is 0.732. The lowest BCUT2D eigenvalue weighted by Gasteiger charge is -2.21. The topological polar surface area (TPSA) is 86.7 Å². The number of nitrogens with zero attached hydrogens (tertiary/aromatic N) is 1. The van der Waals surface area contributed by atoms with Gasteiger partial charge in [0.2, 0.25) is 11.8 Å². The maximum atomic E-state index is 12.5. The van der Waals surface area contributed by atoms with Crippen molar-refractivity contribution in [3.63, 3.8) is 0 Å². The Kier molecular flexibility index (Phi) is 7.32. The molecule has 2 aromatic carbocycles. The van der Waals surface area contributed by atoms with Crippen LogP contribution in [0.25, 0.3) is 0 Å². The van der Waals surface area contributed by atoms with Crippen LogP contribution in [0.1, 0.15) is 40.4 Å². The number of benzene rings is 2. The third-order valence-corrected chi connectivity index (χ3v) is 4.67. The van der Waals surface area contributed by atoms with Crippen LogP contribution in [0.5, 0.6) is 0 Å². The number of anilines is 1. The van der Waals surface area contributed by atoms with Gasteiger partial charge in [-0.25, -0.2) is 4.79 Å². The summed E-state index contributed by atoms with van der Waals surface area (Å²) >= 11 is 0. The molecule has 6 heteroatoms. The van der Waals surface area contributed by atoms with Gasteiger partial charge in [-0.2, -0.15) is 0 Å². The number of likely N-dealkylation sites (N-methyl/N-ethyl adjacent to an activating group) is 1. The van der Waals surface area contributed by atoms with E-state index in [1.54, 1.807) is 18.2 Å². The van der Waals surface area contributed by atoms with Gasteiger partial charge >= 0.3 is 5.97 Å². The molecule has 0 aromatic heterocycles. The lowest BCUT2D eigenvalue weighted by atomic mass is 10.0. The number of aromatic carboxylic acids is 1. The summed E-state index contributed by atoms with van der Waals surface area (Å²) in [7, 11) is 0. The van der Waals surface area contributed by atoms with Crippen molar-refractivity contribution >= 4 is 23.5 Å². The molecule has 6 nitrogen and oxygen atoms in total. The molecule has 2 N–H and O–H groups in total. The van der Waals surface area contributed by atoms with Crippen molar-refractivity contribution in [2.24, 2.45) is 0 Å². The molecule has 0 fully saturated rings. The van der Waals surface area contributed by atoms with Gasteiger partial charge in [-0.1, -0.05) is 36.4 Å². The van der Waals surface area contributed by atoms with Gasteiger partial charge < -0.3 is 15.3 Å². The molecule has 0 aliphatic heterocycles. The summed E-state index contributed by atoms with van der Waals surface area (Å²) in [5, 5.41) is 12.1. The Hall–Kier alpha value is -3.15. The highest BCUT2D eigenvalue weighted by molar-refractivity contribution is 5.96. The van der Waals surface area contributed by atoms with Crippen LogP contribution in [0, 0.1) is 13.8 Å². The predicted molar refractivity (Wildman–Crippen MR) is 109 cm³/mol. The monoisotopic (exact) mass is 382 g/mol. The molecule has 2 amide bonds. The first kappa shape index (κ1) is 21.2. The first-order valence-electron chi connectivity index (χ1n) is 9.28. The first-order chi connectivity index (χ1) is 13.3. The maximum absolute atomic E-state index is 12.5. The van der Waals surface area contributed by atoms with Crippen molar-refractivity contribution in [3.8, 4) is 0 Å². The SMILES string of the molecule is CCN(CC(=O)Nc1c(C)cccc1C)C(=O)CCc1ccccc1C(=O)O. The lowest BCUT2D eigenvalue weighted by Crippen LogP contribution is -2.38. The number of carbonyl (C=O) groups is 3. The van der Waals surface area contributed by atoms with E-state index in [0.717, 1.165) is 16.8 Å².